The third-order valence-electron chi connectivity index (χ3n) is 2.20. The lowest BCUT2D eigenvalue weighted by Gasteiger charge is -2.07. The lowest BCUT2D eigenvalue weighted by atomic mass is 10.1. The summed E-state index contributed by atoms with van der Waals surface area (Å²) in [5.41, 5.74) is 8.79. The molecule has 0 saturated heterocycles. The van der Waals surface area contributed by atoms with Crippen molar-refractivity contribution in [1.82, 2.24) is 14.8 Å². The maximum atomic E-state index is 5.86. The van der Waals surface area contributed by atoms with E-state index < -0.39 is 0 Å². The van der Waals surface area contributed by atoms with Crippen molar-refractivity contribution >= 4 is 5.69 Å². The van der Waals surface area contributed by atoms with Crippen LogP contribution in [0.5, 0.6) is 0 Å². The van der Waals surface area contributed by atoms with Gasteiger partial charge in [0.05, 0.1) is 11.4 Å². The molecule has 2 rings (SSSR count). The smallest absolute Gasteiger partial charge is 0.123 e. The highest BCUT2D eigenvalue weighted by Crippen LogP contribution is 2.18. The number of nitrogen functional groups attached to an aromatic ring is 1. The molecule has 0 spiro atoms. The lowest BCUT2D eigenvalue weighted by Crippen LogP contribution is -1.98. The molecule has 72 valence electrons. The van der Waals surface area contributed by atoms with Gasteiger partial charge in [0.15, 0.2) is 0 Å². The number of nitrogens with two attached hydrogens (primary N) is 1. The zero-order chi connectivity index (χ0) is 9.97. The van der Waals surface area contributed by atoms with Gasteiger partial charge >= 0.3 is 0 Å². The van der Waals surface area contributed by atoms with Crippen LogP contribution in [0.25, 0.3) is 5.69 Å². The van der Waals surface area contributed by atoms with Gasteiger partial charge in [-0.25, -0.2) is 0 Å². The first-order valence-electron chi connectivity index (χ1n) is 4.54. The minimum Gasteiger partial charge on any atom is -0.397 e. The Bertz CT molecular complexity index is 420. The quantitative estimate of drug-likeness (QED) is 0.725. The van der Waals surface area contributed by atoms with Crippen LogP contribution in [0.2, 0.25) is 0 Å². The zero-order valence-electron chi connectivity index (χ0n) is 8.01. The van der Waals surface area contributed by atoms with Gasteiger partial charge in [0.1, 0.15) is 12.7 Å². The zero-order valence-corrected chi connectivity index (χ0v) is 8.01. The van der Waals surface area contributed by atoms with E-state index in [1.807, 2.05) is 16.7 Å². The summed E-state index contributed by atoms with van der Waals surface area (Å²) in [7, 11) is 0. The van der Waals surface area contributed by atoms with Crippen LogP contribution in [0.15, 0.2) is 30.9 Å². The second-order valence-corrected chi connectivity index (χ2v) is 3.12. The van der Waals surface area contributed by atoms with E-state index in [2.05, 4.69) is 23.2 Å². The topological polar surface area (TPSA) is 56.7 Å². The van der Waals surface area contributed by atoms with Gasteiger partial charge in [-0.3, -0.25) is 4.57 Å². The fourth-order valence-corrected chi connectivity index (χ4v) is 1.36. The Morgan fingerprint density at radius 3 is 2.64 bits per heavy atom. The molecular formula is C10H12N4. The summed E-state index contributed by atoms with van der Waals surface area (Å²) in [5.74, 6) is 0. The minimum atomic E-state index is 0.738. The predicted octanol–water partition coefficient (Wildman–Crippen LogP) is 1.41. The minimum absolute atomic E-state index is 0.738. The van der Waals surface area contributed by atoms with Crippen molar-refractivity contribution in [1.29, 1.82) is 0 Å². The first kappa shape index (κ1) is 8.74. The van der Waals surface area contributed by atoms with Crippen LogP contribution in [0.3, 0.4) is 0 Å². The molecule has 2 aromatic rings. The number of hydrogen-bond acceptors (Lipinski definition) is 3. The van der Waals surface area contributed by atoms with Crippen LogP contribution < -0.4 is 5.73 Å². The molecule has 1 heterocycles. The number of nitrogens with zero attached hydrogens (tertiary/aromatic N) is 3. The van der Waals surface area contributed by atoms with Crippen molar-refractivity contribution < 1.29 is 0 Å². The van der Waals surface area contributed by atoms with Gasteiger partial charge in [0.2, 0.25) is 0 Å². The fraction of sp³-hybridized carbons (Fsp3) is 0.200. The summed E-state index contributed by atoms with van der Waals surface area (Å²) < 4.78 is 1.81. The Morgan fingerprint density at radius 2 is 2.00 bits per heavy atom. The molecule has 2 N–H and O–H groups in total. The molecule has 0 saturated carbocycles. The van der Waals surface area contributed by atoms with Crippen LogP contribution >= 0.6 is 0 Å². The molecule has 1 aromatic carbocycles. The first-order valence-corrected chi connectivity index (χ1v) is 4.54. The molecule has 4 nitrogen and oxygen atoms in total. The van der Waals surface area contributed by atoms with Gasteiger partial charge in [0.25, 0.3) is 0 Å². The molecule has 0 atom stereocenters. The van der Waals surface area contributed by atoms with E-state index in [0.717, 1.165) is 17.8 Å². The van der Waals surface area contributed by atoms with Crippen molar-refractivity contribution in [3.05, 3.63) is 36.4 Å². The molecule has 0 aliphatic carbocycles. The summed E-state index contributed by atoms with van der Waals surface area (Å²) in [4.78, 5) is 0. The van der Waals surface area contributed by atoms with Crippen LogP contribution in [0.4, 0.5) is 5.69 Å². The number of aromatic nitrogens is 3. The van der Waals surface area contributed by atoms with E-state index in [0.29, 0.717) is 0 Å². The summed E-state index contributed by atoms with van der Waals surface area (Å²) >= 11 is 0. The Balaban J connectivity index is 2.51. The molecule has 0 fully saturated rings. The second-order valence-electron chi connectivity index (χ2n) is 3.12. The molecule has 4 heteroatoms. The third-order valence-corrected chi connectivity index (χ3v) is 2.20. The average molecular weight is 188 g/mol. The van der Waals surface area contributed by atoms with Gasteiger partial charge in [-0.15, -0.1) is 10.2 Å². The van der Waals surface area contributed by atoms with Crippen LogP contribution in [-0.2, 0) is 6.42 Å². The SMILES string of the molecule is CCc1ccc(N)c(-n2cnnc2)c1. The van der Waals surface area contributed by atoms with Gasteiger partial charge in [-0.2, -0.15) is 0 Å². The third kappa shape index (κ3) is 1.46. The largest absolute Gasteiger partial charge is 0.397 e. The molecule has 0 aliphatic rings. The first-order chi connectivity index (χ1) is 6.81. The van der Waals surface area contributed by atoms with Crippen molar-refractivity contribution in [3.63, 3.8) is 0 Å². The number of anilines is 1. The molecule has 0 aliphatic heterocycles. The number of hydrogen-bond donors (Lipinski definition) is 1. The Morgan fingerprint density at radius 1 is 1.29 bits per heavy atom. The molecule has 0 amide bonds. The molecule has 0 bridgehead atoms. The Kier molecular flexibility index (Phi) is 2.18. The highest BCUT2D eigenvalue weighted by Gasteiger charge is 2.02. The normalized spacial score (nSPS) is 10.4. The van der Waals surface area contributed by atoms with E-state index in [9.17, 15) is 0 Å². The predicted molar refractivity (Wildman–Crippen MR) is 55.1 cm³/mol. The monoisotopic (exact) mass is 188 g/mol. The van der Waals surface area contributed by atoms with E-state index in [1.165, 1.54) is 5.56 Å². The summed E-state index contributed by atoms with van der Waals surface area (Å²) in [6, 6.07) is 6.00. The van der Waals surface area contributed by atoms with Crippen molar-refractivity contribution in [2.24, 2.45) is 0 Å². The molecule has 0 radical (unpaired) electrons. The van der Waals surface area contributed by atoms with Gasteiger partial charge < -0.3 is 5.73 Å². The van der Waals surface area contributed by atoms with E-state index in [-0.39, 0.29) is 0 Å². The molecule has 0 unspecified atom stereocenters. The molecule has 1 aromatic heterocycles. The maximum Gasteiger partial charge on any atom is 0.123 e. The Hall–Kier alpha value is -1.84. The summed E-state index contributed by atoms with van der Waals surface area (Å²) in [6.45, 7) is 2.11. The van der Waals surface area contributed by atoms with Crippen molar-refractivity contribution in [3.8, 4) is 5.69 Å². The van der Waals surface area contributed by atoms with Gasteiger partial charge in [-0.1, -0.05) is 13.0 Å². The van der Waals surface area contributed by atoms with Crippen LogP contribution in [0.1, 0.15) is 12.5 Å². The number of aryl methyl sites for hydroxylation is 1. The highest BCUT2D eigenvalue weighted by atomic mass is 15.2. The maximum absolute atomic E-state index is 5.86. The Labute approximate surface area is 82.4 Å². The fourth-order valence-electron chi connectivity index (χ4n) is 1.36. The summed E-state index contributed by atoms with van der Waals surface area (Å²) in [6.07, 6.45) is 4.28. The van der Waals surface area contributed by atoms with Crippen LogP contribution in [0, 0.1) is 0 Å². The van der Waals surface area contributed by atoms with E-state index in [4.69, 9.17) is 5.73 Å². The summed E-state index contributed by atoms with van der Waals surface area (Å²) in [5, 5.41) is 7.51. The van der Waals surface area contributed by atoms with Gasteiger partial charge in [-0.05, 0) is 24.1 Å². The number of benzene rings is 1. The van der Waals surface area contributed by atoms with Gasteiger partial charge in [0, 0.05) is 0 Å². The second kappa shape index (κ2) is 3.49. The molecule has 14 heavy (non-hydrogen) atoms. The molecular weight excluding hydrogens is 176 g/mol. The van der Waals surface area contributed by atoms with Crippen molar-refractivity contribution in [2.75, 3.05) is 5.73 Å². The lowest BCUT2D eigenvalue weighted by molar-refractivity contribution is 1.04. The number of rotatable bonds is 2. The standard InChI is InChI=1S/C10H12N4/c1-2-8-3-4-9(11)10(5-8)14-6-12-13-7-14/h3-7H,2,11H2,1H3. The van der Waals surface area contributed by atoms with E-state index in [1.54, 1.807) is 12.7 Å². The van der Waals surface area contributed by atoms with E-state index >= 15 is 0 Å². The van der Waals surface area contributed by atoms with Crippen molar-refractivity contribution in [2.45, 2.75) is 13.3 Å². The van der Waals surface area contributed by atoms with Crippen LogP contribution in [-0.4, -0.2) is 14.8 Å². The average Bonchev–Trinajstić information content (AvgIpc) is 2.71. The highest BCUT2D eigenvalue weighted by molar-refractivity contribution is 5.58.